The number of rotatable bonds is 6. The molecule has 0 radical (unpaired) electrons. The van der Waals surface area contributed by atoms with Crippen LogP contribution in [0.25, 0.3) is 0 Å². The SMILES string of the molecule is CC(OC(=O)c1cc(C(C)C)cc(C(C)C)c1O)C(=O)Nc1ncccn1. The van der Waals surface area contributed by atoms with Gasteiger partial charge in [0.15, 0.2) is 6.10 Å². The van der Waals surface area contributed by atoms with Crippen molar-refractivity contribution in [1.82, 2.24) is 9.97 Å². The third-order valence-electron chi connectivity index (χ3n) is 4.12. The molecular formula is C20H25N3O4. The quantitative estimate of drug-likeness (QED) is 0.752. The van der Waals surface area contributed by atoms with E-state index >= 15 is 0 Å². The van der Waals surface area contributed by atoms with Crippen molar-refractivity contribution in [1.29, 1.82) is 0 Å². The van der Waals surface area contributed by atoms with Crippen LogP contribution in [0.15, 0.2) is 30.6 Å². The number of esters is 1. The number of hydrogen-bond donors (Lipinski definition) is 2. The van der Waals surface area contributed by atoms with Gasteiger partial charge in [0, 0.05) is 12.4 Å². The molecule has 0 saturated heterocycles. The number of nitrogens with zero attached hydrogens (tertiary/aromatic N) is 2. The number of carbonyl (C=O) groups is 2. The van der Waals surface area contributed by atoms with Crippen molar-refractivity contribution in [2.24, 2.45) is 0 Å². The summed E-state index contributed by atoms with van der Waals surface area (Å²) in [6.07, 6.45) is 1.90. The molecule has 0 spiro atoms. The molecule has 144 valence electrons. The summed E-state index contributed by atoms with van der Waals surface area (Å²) in [6, 6.07) is 5.12. The third kappa shape index (κ3) is 5.03. The maximum absolute atomic E-state index is 12.6. The summed E-state index contributed by atoms with van der Waals surface area (Å²) in [5.74, 6) is -1.10. The first kappa shape index (κ1) is 20.4. The normalized spacial score (nSPS) is 12.1. The van der Waals surface area contributed by atoms with Crippen molar-refractivity contribution < 1.29 is 19.4 Å². The average molecular weight is 371 g/mol. The maximum Gasteiger partial charge on any atom is 0.342 e. The summed E-state index contributed by atoms with van der Waals surface area (Å²) in [5, 5.41) is 13.0. The smallest absolute Gasteiger partial charge is 0.342 e. The molecule has 1 aromatic carbocycles. The maximum atomic E-state index is 12.6. The second-order valence-corrected chi connectivity index (χ2v) is 6.92. The van der Waals surface area contributed by atoms with E-state index in [2.05, 4.69) is 15.3 Å². The van der Waals surface area contributed by atoms with Crippen LogP contribution in [0.3, 0.4) is 0 Å². The molecule has 2 rings (SSSR count). The Morgan fingerprint density at radius 1 is 1.04 bits per heavy atom. The molecule has 0 bridgehead atoms. The van der Waals surface area contributed by atoms with Crippen molar-refractivity contribution in [2.45, 2.75) is 52.6 Å². The van der Waals surface area contributed by atoms with E-state index in [4.69, 9.17) is 4.74 Å². The molecule has 1 unspecified atom stereocenters. The van der Waals surface area contributed by atoms with Gasteiger partial charge in [-0.2, -0.15) is 0 Å². The topological polar surface area (TPSA) is 101 Å². The lowest BCUT2D eigenvalue weighted by atomic mass is 9.92. The van der Waals surface area contributed by atoms with Crippen LogP contribution in [-0.4, -0.2) is 33.1 Å². The monoisotopic (exact) mass is 371 g/mol. The molecule has 0 aliphatic carbocycles. The highest BCUT2D eigenvalue weighted by Crippen LogP contribution is 2.33. The van der Waals surface area contributed by atoms with Gasteiger partial charge in [0.25, 0.3) is 5.91 Å². The van der Waals surface area contributed by atoms with Gasteiger partial charge in [-0.3, -0.25) is 10.1 Å². The minimum atomic E-state index is -1.08. The summed E-state index contributed by atoms with van der Waals surface area (Å²) in [6.45, 7) is 9.32. The Kier molecular flexibility index (Phi) is 6.50. The Hall–Kier alpha value is -2.96. The van der Waals surface area contributed by atoms with Crippen LogP contribution in [-0.2, 0) is 9.53 Å². The lowest BCUT2D eigenvalue weighted by molar-refractivity contribution is -0.123. The molecular weight excluding hydrogens is 346 g/mol. The zero-order chi connectivity index (χ0) is 20.1. The van der Waals surface area contributed by atoms with E-state index in [-0.39, 0.29) is 29.1 Å². The molecule has 2 aromatic rings. The standard InChI is InChI=1S/C20H25N3O4/c1-11(2)14-9-15(12(3)4)17(24)16(10-14)19(26)27-13(5)18(25)23-20-21-7-6-8-22-20/h6-13,24H,1-5H3,(H,21,22,23,25). The first-order valence-electron chi connectivity index (χ1n) is 8.86. The number of aromatic hydroxyl groups is 1. The number of phenolic OH excluding ortho intramolecular Hbond substituents is 1. The van der Waals surface area contributed by atoms with Crippen LogP contribution in [0.1, 0.15) is 67.9 Å². The fourth-order valence-corrected chi connectivity index (χ4v) is 2.46. The van der Waals surface area contributed by atoms with E-state index in [0.717, 1.165) is 5.56 Å². The van der Waals surface area contributed by atoms with Crippen molar-refractivity contribution in [2.75, 3.05) is 5.32 Å². The van der Waals surface area contributed by atoms with Gasteiger partial charge in [-0.05, 0) is 42.0 Å². The van der Waals surface area contributed by atoms with Crippen LogP contribution in [0.5, 0.6) is 5.75 Å². The van der Waals surface area contributed by atoms with E-state index in [1.54, 1.807) is 12.1 Å². The largest absolute Gasteiger partial charge is 0.507 e. The Labute approximate surface area is 158 Å². The molecule has 2 N–H and O–H groups in total. The zero-order valence-corrected chi connectivity index (χ0v) is 16.2. The lowest BCUT2D eigenvalue weighted by Gasteiger charge is -2.18. The molecule has 0 aliphatic heterocycles. The van der Waals surface area contributed by atoms with E-state index in [1.165, 1.54) is 19.3 Å². The number of aromatic nitrogens is 2. The molecule has 0 saturated carbocycles. The van der Waals surface area contributed by atoms with E-state index in [9.17, 15) is 14.7 Å². The second-order valence-electron chi connectivity index (χ2n) is 6.92. The molecule has 7 nitrogen and oxygen atoms in total. The number of amides is 1. The van der Waals surface area contributed by atoms with Gasteiger partial charge < -0.3 is 9.84 Å². The Morgan fingerprint density at radius 2 is 1.67 bits per heavy atom. The number of phenols is 1. The average Bonchev–Trinajstić information content (AvgIpc) is 2.61. The van der Waals surface area contributed by atoms with Crippen LogP contribution in [0.4, 0.5) is 5.95 Å². The van der Waals surface area contributed by atoms with Gasteiger partial charge in [-0.15, -0.1) is 0 Å². The highest BCUT2D eigenvalue weighted by Gasteiger charge is 2.24. The molecule has 1 atom stereocenters. The summed E-state index contributed by atoms with van der Waals surface area (Å²) in [4.78, 5) is 32.6. The molecule has 0 aliphatic rings. The lowest BCUT2D eigenvalue weighted by Crippen LogP contribution is -2.30. The number of nitrogens with one attached hydrogen (secondary N) is 1. The first-order chi connectivity index (χ1) is 12.7. The van der Waals surface area contributed by atoms with Gasteiger partial charge >= 0.3 is 5.97 Å². The van der Waals surface area contributed by atoms with E-state index in [0.29, 0.717) is 5.56 Å². The van der Waals surface area contributed by atoms with Gasteiger partial charge in [0.1, 0.15) is 11.3 Å². The number of hydrogen-bond acceptors (Lipinski definition) is 6. The van der Waals surface area contributed by atoms with Crippen molar-refractivity contribution >= 4 is 17.8 Å². The Balaban J connectivity index is 2.20. The fourth-order valence-electron chi connectivity index (χ4n) is 2.46. The Bertz CT molecular complexity index is 819. The van der Waals surface area contributed by atoms with Crippen LogP contribution in [0, 0.1) is 0 Å². The zero-order valence-electron chi connectivity index (χ0n) is 16.2. The van der Waals surface area contributed by atoms with Crippen molar-refractivity contribution in [3.05, 3.63) is 47.3 Å². The minimum absolute atomic E-state index is 0.0335. The molecule has 1 amide bonds. The number of benzene rings is 1. The molecule has 1 heterocycles. The Morgan fingerprint density at radius 3 is 2.22 bits per heavy atom. The molecule has 27 heavy (non-hydrogen) atoms. The van der Waals surface area contributed by atoms with Gasteiger partial charge in [0.2, 0.25) is 5.95 Å². The third-order valence-corrected chi connectivity index (χ3v) is 4.12. The second kappa shape index (κ2) is 8.62. The van der Waals surface area contributed by atoms with E-state index < -0.39 is 18.0 Å². The summed E-state index contributed by atoms with van der Waals surface area (Å²) >= 11 is 0. The van der Waals surface area contributed by atoms with E-state index in [1.807, 2.05) is 33.8 Å². The number of carbonyl (C=O) groups excluding carboxylic acids is 2. The number of anilines is 1. The molecule has 7 heteroatoms. The fraction of sp³-hybridized carbons (Fsp3) is 0.400. The van der Waals surface area contributed by atoms with Gasteiger partial charge in [-0.25, -0.2) is 14.8 Å². The predicted octanol–water partition coefficient (Wildman–Crippen LogP) is 3.61. The molecule has 1 aromatic heterocycles. The first-order valence-corrected chi connectivity index (χ1v) is 8.86. The van der Waals surface area contributed by atoms with Crippen LogP contribution in [0.2, 0.25) is 0 Å². The van der Waals surface area contributed by atoms with Gasteiger partial charge in [-0.1, -0.05) is 33.8 Å². The summed E-state index contributed by atoms with van der Waals surface area (Å²) in [7, 11) is 0. The number of ether oxygens (including phenoxy) is 1. The summed E-state index contributed by atoms with van der Waals surface area (Å²) in [5.41, 5.74) is 1.64. The molecule has 0 fully saturated rings. The van der Waals surface area contributed by atoms with Crippen molar-refractivity contribution in [3.8, 4) is 5.75 Å². The van der Waals surface area contributed by atoms with Crippen molar-refractivity contribution in [3.63, 3.8) is 0 Å². The van der Waals surface area contributed by atoms with Crippen LogP contribution < -0.4 is 5.32 Å². The minimum Gasteiger partial charge on any atom is -0.507 e. The summed E-state index contributed by atoms with van der Waals surface area (Å²) < 4.78 is 5.25. The van der Waals surface area contributed by atoms with Gasteiger partial charge in [0.05, 0.1) is 0 Å². The predicted molar refractivity (Wildman–Crippen MR) is 102 cm³/mol. The highest BCUT2D eigenvalue weighted by atomic mass is 16.5. The van der Waals surface area contributed by atoms with Crippen LogP contribution >= 0.6 is 0 Å². The highest BCUT2D eigenvalue weighted by molar-refractivity contribution is 5.98.